The van der Waals surface area contributed by atoms with Crippen LogP contribution in [0.25, 0.3) is 0 Å². The van der Waals surface area contributed by atoms with Gasteiger partial charge < -0.3 is 0 Å². The van der Waals surface area contributed by atoms with Gasteiger partial charge in [0.25, 0.3) is 0 Å². The first kappa shape index (κ1) is 15.4. The normalized spacial score (nSPS) is 12.7. The molecule has 0 heterocycles. The van der Waals surface area contributed by atoms with Crippen molar-refractivity contribution in [2.45, 2.75) is 32.1 Å². The standard InChI is InChI=1S/C18H20Cl2/c1-13(2)15-9-7-14(8-10-15)11-16(12-19)17-5-3-4-6-18(17)20/h3-10,13,16H,11-12H2,1-2H3. The molecule has 0 nitrogen and oxygen atoms in total. The summed E-state index contributed by atoms with van der Waals surface area (Å²) in [7, 11) is 0. The highest BCUT2D eigenvalue weighted by Crippen LogP contribution is 2.29. The molecule has 1 unspecified atom stereocenters. The van der Waals surface area contributed by atoms with Gasteiger partial charge in [0.1, 0.15) is 0 Å². The quantitative estimate of drug-likeness (QED) is 0.592. The molecule has 0 N–H and O–H groups in total. The monoisotopic (exact) mass is 306 g/mol. The lowest BCUT2D eigenvalue weighted by Gasteiger charge is -2.16. The second kappa shape index (κ2) is 7.15. The maximum atomic E-state index is 6.27. The molecule has 0 amide bonds. The van der Waals surface area contributed by atoms with Crippen LogP contribution < -0.4 is 0 Å². The molecular formula is C18H20Cl2. The summed E-state index contributed by atoms with van der Waals surface area (Å²) in [6.07, 6.45) is 0.922. The van der Waals surface area contributed by atoms with E-state index in [1.54, 1.807) is 0 Å². The Bertz CT molecular complexity index is 544. The fraction of sp³-hybridized carbons (Fsp3) is 0.333. The third kappa shape index (κ3) is 3.77. The summed E-state index contributed by atoms with van der Waals surface area (Å²) in [6.45, 7) is 4.42. The van der Waals surface area contributed by atoms with Gasteiger partial charge >= 0.3 is 0 Å². The molecule has 0 radical (unpaired) electrons. The van der Waals surface area contributed by atoms with Crippen LogP contribution in [0.4, 0.5) is 0 Å². The van der Waals surface area contributed by atoms with Crippen molar-refractivity contribution in [3.8, 4) is 0 Å². The highest BCUT2D eigenvalue weighted by molar-refractivity contribution is 6.31. The van der Waals surface area contributed by atoms with Crippen molar-refractivity contribution in [2.24, 2.45) is 0 Å². The van der Waals surface area contributed by atoms with Crippen LogP contribution in [0, 0.1) is 0 Å². The lowest BCUT2D eigenvalue weighted by Crippen LogP contribution is -2.05. The Morgan fingerprint density at radius 1 is 0.950 bits per heavy atom. The second-order valence-corrected chi connectivity index (χ2v) is 6.19. The number of alkyl halides is 1. The maximum Gasteiger partial charge on any atom is 0.0441 e. The van der Waals surface area contributed by atoms with Crippen LogP contribution >= 0.6 is 23.2 Å². The molecule has 1 atom stereocenters. The van der Waals surface area contributed by atoms with Crippen LogP contribution in [0.15, 0.2) is 48.5 Å². The zero-order chi connectivity index (χ0) is 14.5. The zero-order valence-corrected chi connectivity index (χ0v) is 13.5. The Hall–Kier alpha value is -0.980. The third-order valence-corrected chi connectivity index (χ3v) is 4.38. The van der Waals surface area contributed by atoms with E-state index < -0.39 is 0 Å². The molecule has 0 bridgehead atoms. The van der Waals surface area contributed by atoms with Crippen LogP contribution in [0.3, 0.4) is 0 Å². The Morgan fingerprint density at radius 2 is 1.60 bits per heavy atom. The van der Waals surface area contributed by atoms with E-state index in [4.69, 9.17) is 23.2 Å². The van der Waals surface area contributed by atoms with Crippen molar-refractivity contribution < 1.29 is 0 Å². The van der Waals surface area contributed by atoms with Crippen molar-refractivity contribution in [3.05, 3.63) is 70.2 Å². The van der Waals surface area contributed by atoms with Gasteiger partial charge in [-0.05, 0) is 35.1 Å². The predicted molar refractivity (Wildman–Crippen MR) is 89.1 cm³/mol. The fourth-order valence-corrected chi connectivity index (χ4v) is 2.94. The minimum Gasteiger partial charge on any atom is -0.126 e. The summed E-state index contributed by atoms with van der Waals surface area (Å²) >= 11 is 12.4. The largest absolute Gasteiger partial charge is 0.126 e. The summed E-state index contributed by atoms with van der Waals surface area (Å²) in [5.74, 6) is 1.40. The van der Waals surface area contributed by atoms with E-state index in [9.17, 15) is 0 Å². The van der Waals surface area contributed by atoms with E-state index >= 15 is 0 Å². The minimum atomic E-state index is 0.260. The minimum absolute atomic E-state index is 0.260. The lowest BCUT2D eigenvalue weighted by molar-refractivity contribution is 0.765. The molecule has 0 aliphatic rings. The summed E-state index contributed by atoms with van der Waals surface area (Å²) < 4.78 is 0. The van der Waals surface area contributed by atoms with Gasteiger partial charge in [-0.3, -0.25) is 0 Å². The van der Waals surface area contributed by atoms with Crippen molar-refractivity contribution in [2.75, 3.05) is 5.88 Å². The topological polar surface area (TPSA) is 0 Å². The van der Waals surface area contributed by atoms with Gasteiger partial charge in [-0.1, -0.05) is 67.9 Å². The predicted octanol–water partition coefficient (Wildman–Crippen LogP) is 6.03. The van der Waals surface area contributed by atoms with Gasteiger partial charge in [-0.2, -0.15) is 0 Å². The smallest absolute Gasteiger partial charge is 0.0441 e. The van der Waals surface area contributed by atoms with Crippen LogP contribution in [-0.2, 0) is 6.42 Å². The molecule has 2 aromatic carbocycles. The highest BCUT2D eigenvalue weighted by Gasteiger charge is 2.14. The Kier molecular flexibility index (Phi) is 5.51. The van der Waals surface area contributed by atoms with E-state index in [-0.39, 0.29) is 5.92 Å². The van der Waals surface area contributed by atoms with Crippen molar-refractivity contribution >= 4 is 23.2 Å². The van der Waals surface area contributed by atoms with Gasteiger partial charge in [0.05, 0.1) is 0 Å². The Balaban J connectivity index is 2.16. The first-order valence-electron chi connectivity index (χ1n) is 7.01. The lowest BCUT2D eigenvalue weighted by atomic mass is 9.92. The second-order valence-electron chi connectivity index (χ2n) is 5.47. The molecule has 0 fully saturated rings. The Labute approximate surface area is 131 Å². The number of hydrogen-bond donors (Lipinski definition) is 0. The highest BCUT2D eigenvalue weighted by atomic mass is 35.5. The van der Waals surface area contributed by atoms with Gasteiger partial charge in [0, 0.05) is 16.8 Å². The summed E-state index contributed by atoms with van der Waals surface area (Å²) in [5.41, 5.74) is 3.81. The first-order valence-corrected chi connectivity index (χ1v) is 7.92. The van der Waals surface area contributed by atoms with E-state index in [2.05, 4.69) is 44.2 Å². The molecular weight excluding hydrogens is 287 g/mol. The van der Waals surface area contributed by atoms with E-state index in [0.29, 0.717) is 11.8 Å². The van der Waals surface area contributed by atoms with Crippen LogP contribution in [0.5, 0.6) is 0 Å². The molecule has 20 heavy (non-hydrogen) atoms. The molecule has 2 aromatic rings. The average Bonchev–Trinajstić information content (AvgIpc) is 2.46. The molecule has 0 aliphatic heterocycles. The average molecular weight is 307 g/mol. The summed E-state index contributed by atoms with van der Waals surface area (Å²) in [5, 5.41) is 0.803. The summed E-state index contributed by atoms with van der Waals surface area (Å²) in [6, 6.07) is 16.8. The van der Waals surface area contributed by atoms with E-state index in [0.717, 1.165) is 17.0 Å². The fourth-order valence-electron chi connectivity index (χ4n) is 2.38. The molecule has 0 aromatic heterocycles. The number of benzene rings is 2. The van der Waals surface area contributed by atoms with Crippen LogP contribution in [0.2, 0.25) is 5.02 Å². The van der Waals surface area contributed by atoms with Gasteiger partial charge in [-0.25, -0.2) is 0 Å². The maximum absolute atomic E-state index is 6.27. The molecule has 106 valence electrons. The van der Waals surface area contributed by atoms with Crippen LogP contribution in [0.1, 0.15) is 42.4 Å². The third-order valence-electron chi connectivity index (χ3n) is 3.66. The van der Waals surface area contributed by atoms with E-state index in [1.807, 2.05) is 18.2 Å². The van der Waals surface area contributed by atoms with Crippen molar-refractivity contribution in [1.29, 1.82) is 0 Å². The number of halogens is 2. The summed E-state index contributed by atoms with van der Waals surface area (Å²) in [4.78, 5) is 0. The van der Waals surface area contributed by atoms with Gasteiger partial charge in [-0.15, -0.1) is 11.6 Å². The van der Waals surface area contributed by atoms with E-state index in [1.165, 1.54) is 11.1 Å². The molecule has 0 aliphatic carbocycles. The van der Waals surface area contributed by atoms with Gasteiger partial charge in [0.15, 0.2) is 0 Å². The van der Waals surface area contributed by atoms with Gasteiger partial charge in [0.2, 0.25) is 0 Å². The zero-order valence-electron chi connectivity index (χ0n) is 11.9. The molecule has 2 heteroatoms. The first-order chi connectivity index (χ1) is 9.61. The van der Waals surface area contributed by atoms with Crippen molar-refractivity contribution in [3.63, 3.8) is 0 Å². The molecule has 2 rings (SSSR count). The number of rotatable bonds is 5. The molecule has 0 saturated heterocycles. The number of hydrogen-bond acceptors (Lipinski definition) is 0. The Morgan fingerprint density at radius 3 is 2.15 bits per heavy atom. The van der Waals surface area contributed by atoms with Crippen LogP contribution in [-0.4, -0.2) is 5.88 Å². The molecule has 0 spiro atoms. The van der Waals surface area contributed by atoms with Crippen molar-refractivity contribution in [1.82, 2.24) is 0 Å². The molecule has 0 saturated carbocycles. The SMILES string of the molecule is CC(C)c1ccc(CC(CCl)c2ccccc2Cl)cc1.